The third kappa shape index (κ3) is 11.1. The van der Waals surface area contributed by atoms with Gasteiger partial charge in [0, 0.05) is 41.5 Å². The number of nitrogens with one attached hydrogen (secondary N) is 4. The Labute approximate surface area is 289 Å². The van der Waals surface area contributed by atoms with Gasteiger partial charge in [0.25, 0.3) is 0 Å². The van der Waals surface area contributed by atoms with E-state index >= 15 is 0 Å². The second kappa shape index (κ2) is 17.7. The Morgan fingerprint density at radius 3 is 2.02 bits per heavy atom. The van der Waals surface area contributed by atoms with Gasteiger partial charge in [-0.2, -0.15) is 0 Å². The van der Waals surface area contributed by atoms with Gasteiger partial charge in [0.2, 0.25) is 23.6 Å². The molecular formula is C35H42ClN9O4. The van der Waals surface area contributed by atoms with Crippen LogP contribution in [0.2, 0.25) is 5.02 Å². The highest BCUT2D eigenvalue weighted by molar-refractivity contribution is 6.30. The van der Waals surface area contributed by atoms with Crippen molar-refractivity contribution in [1.82, 2.24) is 20.9 Å². The maximum Gasteiger partial charge on any atom is 0.243 e. The van der Waals surface area contributed by atoms with Gasteiger partial charge in [0.15, 0.2) is 5.96 Å². The van der Waals surface area contributed by atoms with Crippen molar-refractivity contribution in [2.75, 3.05) is 6.54 Å². The predicted molar refractivity (Wildman–Crippen MR) is 190 cm³/mol. The van der Waals surface area contributed by atoms with Gasteiger partial charge in [-0.15, -0.1) is 0 Å². The Hall–Kier alpha value is -5.40. The number of hydrogen-bond acceptors (Lipinski definition) is 6. The summed E-state index contributed by atoms with van der Waals surface area (Å²) in [6.07, 6.45) is 2.66. The van der Waals surface area contributed by atoms with Crippen LogP contribution in [0.25, 0.3) is 10.9 Å². The number of fused-ring (bicyclic) bond motifs is 1. The summed E-state index contributed by atoms with van der Waals surface area (Å²) in [5.74, 6) is -2.66. The monoisotopic (exact) mass is 687 g/mol. The van der Waals surface area contributed by atoms with E-state index in [4.69, 9.17) is 34.5 Å². The number of para-hydroxylation sites is 1. The van der Waals surface area contributed by atoms with E-state index in [1.54, 1.807) is 30.5 Å². The van der Waals surface area contributed by atoms with Crippen LogP contribution >= 0.6 is 11.6 Å². The Balaban J connectivity index is 1.51. The lowest BCUT2D eigenvalue weighted by molar-refractivity contribution is -0.133. The molecule has 4 rings (SSSR count). The number of aromatic nitrogens is 1. The third-order valence-corrected chi connectivity index (χ3v) is 8.21. The van der Waals surface area contributed by atoms with E-state index in [1.807, 2.05) is 54.6 Å². The first kappa shape index (κ1) is 36.4. The van der Waals surface area contributed by atoms with Crippen LogP contribution in [0.15, 0.2) is 90.1 Å². The minimum absolute atomic E-state index is 0.113. The van der Waals surface area contributed by atoms with E-state index in [0.29, 0.717) is 11.4 Å². The van der Waals surface area contributed by atoms with Gasteiger partial charge in [-0.1, -0.05) is 72.3 Å². The van der Waals surface area contributed by atoms with Crippen molar-refractivity contribution in [3.05, 3.63) is 107 Å². The number of nitrogens with zero attached hydrogens (tertiary/aromatic N) is 1. The number of halogens is 1. The summed E-state index contributed by atoms with van der Waals surface area (Å²) in [5, 5.41) is 9.68. The SMILES string of the molecule is NC(=O)[C@H](Cc1c[nH]c2ccccc12)NC(=O)[C@H](CCCN=C(N)N)NC(=O)[C@@H](Cc1ccccc1)NC(=O)[C@@H](N)Cc1ccc(Cl)cc1. The Morgan fingerprint density at radius 2 is 1.33 bits per heavy atom. The summed E-state index contributed by atoms with van der Waals surface area (Å²) < 4.78 is 0. The van der Waals surface area contributed by atoms with Crippen LogP contribution in [0.3, 0.4) is 0 Å². The molecule has 0 radical (unpaired) electrons. The molecule has 12 N–H and O–H groups in total. The second-order valence-corrected chi connectivity index (χ2v) is 12.2. The molecule has 0 spiro atoms. The first-order valence-electron chi connectivity index (χ1n) is 15.8. The van der Waals surface area contributed by atoms with E-state index in [0.717, 1.165) is 27.6 Å². The third-order valence-electron chi connectivity index (χ3n) is 7.96. The zero-order valence-corrected chi connectivity index (χ0v) is 27.7. The lowest BCUT2D eigenvalue weighted by atomic mass is 10.0. The maximum atomic E-state index is 13.9. The topological polar surface area (TPSA) is 237 Å². The summed E-state index contributed by atoms with van der Waals surface area (Å²) in [6, 6.07) is 19.4. The predicted octanol–water partition coefficient (Wildman–Crippen LogP) is 1.17. The van der Waals surface area contributed by atoms with Crippen molar-refractivity contribution >= 4 is 52.1 Å². The lowest BCUT2D eigenvalue weighted by Gasteiger charge is -2.25. The lowest BCUT2D eigenvalue weighted by Crippen LogP contribution is -2.58. The minimum atomic E-state index is -1.12. The number of primary amides is 1. The van der Waals surface area contributed by atoms with Crippen LogP contribution in [0.1, 0.15) is 29.5 Å². The first-order chi connectivity index (χ1) is 23.5. The summed E-state index contributed by atoms with van der Waals surface area (Å²) in [6.45, 7) is 0.195. The molecule has 0 bridgehead atoms. The van der Waals surface area contributed by atoms with Crippen LogP contribution in [0.5, 0.6) is 0 Å². The molecule has 4 amide bonds. The molecule has 3 aromatic carbocycles. The molecule has 4 atom stereocenters. The van der Waals surface area contributed by atoms with E-state index in [2.05, 4.69) is 25.9 Å². The summed E-state index contributed by atoms with van der Waals surface area (Å²) in [7, 11) is 0. The number of rotatable bonds is 17. The molecule has 13 nitrogen and oxygen atoms in total. The van der Waals surface area contributed by atoms with Gasteiger partial charge in [0.1, 0.15) is 18.1 Å². The molecule has 0 fully saturated rings. The first-order valence-corrected chi connectivity index (χ1v) is 16.2. The molecule has 1 heterocycles. The summed E-state index contributed by atoms with van der Waals surface area (Å²) in [4.78, 5) is 60.5. The Morgan fingerprint density at radius 1 is 0.714 bits per heavy atom. The quantitative estimate of drug-likeness (QED) is 0.0458. The van der Waals surface area contributed by atoms with Crippen molar-refractivity contribution in [3.63, 3.8) is 0 Å². The van der Waals surface area contributed by atoms with E-state index in [9.17, 15) is 19.2 Å². The Bertz CT molecular complexity index is 1760. The van der Waals surface area contributed by atoms with Gasteiger partial charge < -0.3 is 43.9 Å². The largest absolute Gasteiger partial charge is 0.370 e. The molecule has 258 valence electrons. The minimum Gasteiger partial charge on any atom is -0.370 e. The fourth-order valence-corrected chi connectivity index (χ4v) is 5.49. The standard InChI is InChI=1S/C35H42ClN9O4/c36-24-14-12-22(13-15-24)17-26(37)32(47)45-30(18-21-7-2-1-3-8-21)34(49)43-28(11-6-16-41-35(39)40)33(48)44-29(31(38)46)19-23-20-42-27-10-5-4-9-25(23)27/h1-5,7-10,12-15,20,26,28-30,42H,6,11,16-19,37H2,(H2,38,46)(H,43,49)(H,44,48)(H,45,47)(H4,39,40,41)/t26-,28-,29-,30+/m0/s1. The van der Waals surface area contributed by atoms with Gasteiger partial charge >= 0.3 is 0 Å². The van der Waals surface area contributed by atoms with E-state index in [-0.39, 0.29) is 38.2 Å². The van der Waals surface area contributed by atoms with Crippen molar-refractivity contribution in [1.29, 1.82) is 0 Å². The fourth-order valence-electron chi connectivity index (χ4n) is 5.37. The molecule has 1 aromatic heterocycles. The smallest absolute Gasteiger partial charge is 0.243 e. The molecule has 0 saturated heterocycles. The fraction of sp³-hybridized carbons (Fsp3) is 0.286. The highest BCUT2D eigenvalue weighted by Crippen LogP contribution is 2.19. The highest BCUT2D eigenvalue weighted by atomic mass is 35.5. The van der Waals surface area contributed by atoms with Crippen LogP contribution in [0.4, 0.5) is 0 Å². The molecule has 0 saturated carbocycles. The molecule has 4 aromatic rings. The van der Waals surface area contributed by atoms with Crippen LogP contribution < -0.4 is 38.9 Å². The van der Waals surface area contributed by atoms with Crippen molar-refractivity contribution in [3.8, 4) is 0 Å². The van der Waals surface area contributed by atoms with E-state index < -0.39 is 47.8 Å². The van der Waals surface area contributed by atoms with Gasteiger partial charge in [-0.25, -0.2) is 0 Å². The number of H-pyrrole nitrogens is 1. The number of amides is 4. The van der Waals surface area contributed by atoms with Gasteiger partial charge in [-0.05, 0) is 54.2 Å². The maximum absolute atomic E-state index is 13.9. The van der Waals surface area contributed by atoms with Crippen LogP contribution in [-0.2, 0) is 38.4 Å². The molecular weight excluding hydrogens is 646 g/mol. The Kier molecular flexibility index (Phi) is 13.1. The van der Waals surface area contributed by atoms with Crippen molar-refractivity contribution in [2.24, 2.45) is 27.9 Å². The van der Waals surface area contributed by atoms with E-state index in [1.165, 1.54) is 0 Å². The van der Waals surface area contributed by atoms with Crippen molar-refractivity contribution < 1.29 is 19.2 Å². The van der Waals surface area contributed by atoms with Gasteiger partial charge in [0.05, 0.1) is 6.04 Å². The molecule has 0 aliphatic rings. The number of carbonyl (C=O) groups excluding carboxylic acids is 4. The van der Waals surface area contributed by atoms with Crippen LogP contribution in [0, 0.1) is 0 Å². The molecule has 0 aliphatic heterocycles. The molecule has 0 aliphatic carbocycles. The average molecular weight is 688 g/mol. The summed E-state index contributed by atoms with van der Waals surface area (Å²) in [5.41, 5.74) is 26.1. The number of aromatic amines is 1. The number of aliphatic imine (C=N–C) groups is 1. The number of hydrogen-bond donors (Lipinski definition) is 8. The summed E-state index contributed by atoms with van der Waals surface area (Å²) >= 11 is 5.98. The number of carbonyl (C=O) groups is 4. The highest BCUT2D eigenvalue weighted by Gasteiger charge is 2.30. The second-order valence-electron chi connectivity index (χ2n) is 11.7. The number of nitrogens with two attached hydrogens (primary N) is 4. The average Bonchev–Trinajstić information content (AvgIpc) is 3.49. The van der Waals surface area contributed by atoms with Crippen LogP contribution in [-0.4, -0.2) is 65.3 Å². The zero-order chi connectivity index (χ0) is 35.3. The molecule has 49 heavy (non-hydrogen) atoms. The molecule has 14 heteroatoms. The normalized spacial score (nSPS) is 13.4. The number of benzene rings is 3. The molecule has 0 unspecified atom stereocenters. The number of guanidine groups is 1. The van der Waals surface area contributed by atoms with Crippen molar-refractivity contribution in [2.45, 2.75) is 56.3 Å². The zero-order valence-electron chi connectivity index (χ0n) is 26.9. The van der Waals surface area contributed by atoms with Gasteiger partial charge in [-0.3, -0.25) is 24.2 Å².